The number of anilines is 2. The number of hydrogen-bond donors (Lipinski definition) is 3. The minimum atomic E-state index is -4.31. The van der Waals surface area contributed by atoms with Crippen molar-refractivity contribution in [1.82, 2.24) is 9.97 Å². The van der Waals surface area contributed by atoms with Crippen LogP contribution in [0.2, 0.25) is 0 Å². The maximum atomic E-state index is 11.1. The zero-order valence-corrected chi connectivity index (χ0v) is 22.0. The van der Waals surface area contributed by atoms with E-state index < -0.39 is 10.3 Å². The normalized spacial score (nSPS) is 14.4. The smallest absolute Gasteiger partial charge is 0.357 e. The molecule has 0 aliphatic heterocycles. The summed E-state index contributed by atoms with van der Waals surface area (Å²) < 4.78 is 38.6. The van der Waals surface area contributed by atoms with E-state index in [1.165, 1.54) is 17.8 Å². The molecule has 1 saturated carbocycles. The Bertz CT molecular complexity index is 1430. The zero-order chi connectivity index (χ0) is 25.1. The molecule has 2 aromatic carbocycles. The van der Waals surface area contributed by atoms with Crippen LogP contribution in [0.25, 0.3) is 0 Å². The summed E-state index contributed by atoms with van der Waals surface area (Å²) in [6.45, 7) is 0. The third-order valence-electron chi connectivity index (χ3n) is 5.83. The van der Waals surface area contributed by atoms with Gasteiger partial charge in [0, 0.05) is 23.1 Å². The molecule has 4 aromatic rings. The molecule has 2 heterocycles. The van der Waals surface area contributed by atoms with Crippen LogP contribution >= 0.6 is 22.7 Å². The fraction of sp³-hybridized carbons (Fsp3) is 0.280. The third kappa shape index (κ3) is 6.61. The largest absolute Gasteiger partial charge is 0.497 e. The standard InChI is InChI=1S/C25H26N4O4S3/c1-33-21-4-2-3-17(12-21)11-20-14-35-25(26-20)28-22(23-15-34-24(27-23)18-7-8-18)13-16-5-9-19(10-6-16)29-36(30,31)32/h2-6,9-10,12,14-15,18,22,29H,7-8,11,13H2,1H3,(H,26,28)(H,30,31,32). The predicted octanol–water partition coefficient (Wildman–Crippen LogP) is 5.69. The summed E-state index contributed by atoms with van der Waals surface area (Å²) in [6, 6.07) is 14.8. The molecule has 1 atom stereocenters. The van der Waals surface area contributed by atoms with E-state index in [0.717, 1.165) is 33.4 Å². The molecular weight excluding hydrogens is 517 g/mol. The predicted molar refractivity (Wildman–Crippen MR) is 144 cm³/mol. The number of hydrogen-bond acceptors (Lipinski definition) is 8. The van der Waals surface area contributed by atoms with E-state index >= 15 is 0 Å². The average Bonchev–Trinajstić information content (AvgIpc) is 3.41. The van der Waals surface area contributed by atoms with Crippen LogP contribution in [-0.4, -0.2) is 30.0 Å². The zero-order valence-electron chi connectivity index (χ0n) is 19.5. The molecule has 36 heavy (non-hydrogen) atoms. The van der Waals surface area contributed by atoms with Crippen molar-refractivity contribution in [1.29, 1.82) is 0 Å². The fourth-order valence-electron chi connectivity index (χ4n) is 3.90. The Balaban J connectivity index is 1.33. The van der Waals surface area contributed by atoms with Gasteiger partial charge in [-0.15, -0.1) is 22.7 Å². The van der Waals surface area contributed by atoms with E-state index in [0.29, 0.717) is 24.4 Å². The molecule has 0 amide bonds. The van der Waals surface area contributed by atoms with Gasteiger partial charge in [-0.2, -0.15) is 8.42 Å². The summed E-state index contributed by atoms with van der Waals surface area (Å²) in [5.41, 5.74) is 4.40. The monoisotopic (exact) mass is 542 g/mol. The van der Waals surface area contributed by atoms with Gasteiger partial charge >= 0.3 is 10.3 Å². The number of nitrogens with one attached hydrogen (secondary N) is 2. The Hall–Kier alpha value is -2.99. The highest BCUT2D eigenvalue weighted by molar-refractivity contribution is 7.87. The van der Waals surface area contributed by atoms with Gasteiger partial charge in [-0.05, 0) is 54.7 Å². The van der Waals surface area contributed by atoms with Crippen LogP contribution in [0.3, 0.4) is 0 Å². The van der Waals surface area contributed by atoms with Crippen molar-refractivity contribution < 1.29 is 17.7 Å². The van der Waals surface area contributed by atoms with E-state index in [1.807, 2.05) is 30.3 Å². The van der Waals surface area contributed by atoms with E-state index in [2.05, 4.69) is 26.9 Å². The molecule has 0 saturated heterocycles. The number of rotatable bonds is 11. The van der Waals surface area contributed by atoms with Crippen LogP contribution in [0.5, 0.6) is 5.75 Å². The van der Waals surface area contributed by atoms with Crippen LogP contribution < -0.4 is 14.8 Å². The molecule has 5 rings (SSSR count). The van der Waals surface area contributed by atoms with Gasteiger partial charge in [-0.3, -0.25) is 9.27 Å². The topological polar surface area (TPSA) is 113 Å². The van der Waals surface area contributed by atoms with Gasteiger partial charge in [-0.25, -0.2) is 9.97 Å². The van der Waals surface area contributed by atoms with E-state index in [-0.39, 0.29) is 6.04 Å². The second-order valence-corrected chi connectivity index (χ2v) is 11.6. The SMILES string of the molecule is COc1cccc(Cc2csc(NC(Cc3ccc(NS(=O)(=O)O)cc3)c3csc(C4CC4)n3)n2)c1. The molecule has 1 unspecified atom stereocenters. The average molecular weight is 543 g/mol. The van der Waals surface area contributed by atoms with Crippen LogP contribution in [0.4, 0.5) is 10.8 Å². The van der Waals surface area contributed by atoms with Gasteiger partial charge in [0.05, 0.1) is 35.2 Å². The molecule has 1 aliphatic carbocycles. The number of aromatic nitrogens is 2. The second kappa shape index (κ2) is 10.6. The van der Waals surface area contributed by atoms with Crippen LogP contribution in [-0.2, 0) is 23.1 Å². The van der Waals surface area contributed by atoms with E-state index in [9.17, 15) is 8.42 Å². The summed E-state index contributed by atoms with van der Waals surface area (Å²) in [6.07, 6.45) is 3.76. The molecule has 8 nitrogen and oxygen atoms in total. The summed E-state index contributed by atoms with van der Waals surface area (Å²) in [7, 11) is -2.64. The van der Waals surface area contributed by atoms with Crippen LogP contribution in [0.1, 0.15) is 52.3 Å². The highest BCUT2D eigenvalue weighted by Crippen LogP contribution is 2.42. The Kier molecular flexibility index (Phi) is 7.24. The lowest BCUT2D eigenvalue weighted by Gasteiger charge is -2.17. The first kappa shape index (κ1) is 24.7. The molecule has 1 aliphatic rings. The van der Waals surface area contributed by atoms with Crippen molar-refractivity contribution in [3.05, 3.63) is 86.8 Å². The lowest BCUT2D eigenvalue weighted by molar-refractivity contribution is 0.414. The highest BCUT2D eigenvalue weighted by atomic mass is 32.2. The molecule has 2 aromatic heterocycles. The number of benzene rings is 2. The van der Waals surface area contributed by atoms with Gasteiger partial charge in [0.25, 0.3) is 0 Å². The van der Waals surface area contributed by atoms with Gasteiger partial charge in [-0.1, -0.05) is 24.3 Å². The number of thiazole rings is 2. The summed E-state index contributed by atoms with van der Waals surface area (Å²) in [5.74, 6) is 1.42. The number of nitrogens with zero attached hydrogens (tertiary/aromatic N) is 2. The molecule has 188 valence electrons. The van der Waals surface area contributed by atoms with Crippen molar-refractivity contribution in [2.24, 2.45) is 0 Å². The number of ether oxygens (including phenoxy) is 1. The van der Waals surface area contributed by atoms with Crippen molar-refractivity contribution in [3.8, 4) is 5.75 Å². The lowest BCUT2D eigenvalue weighted by atomic mass is 10.0. The maximum absolute atomic E-state index is 11.1. The minimum Gasteiger partial charge on any atom is -0.497 e. The highest BCUT2D eigenvalue weighted by Gasteiger charge is 2.28. The summed E-state index contributed by atoms with van der Waals surface area (Å²) in [4.78, 5) is 9.73. The molecule has 3 N–H and O–H groups in total. The molecule has 0 spiro atoms. The molecule has 0 bridgehead atoms. The van der Waals surface area contributed by atoms with E-state index in [4.69, 9.17) is 19.3 Å². The Morgan fingerprint density at radius 2 is 1.89 bits per heavy atom. The van der Waals surface area contributed by atoms with Crippen molar-refractivity contribution >= 4 is 43.8 Å². The van der Waals surface area contributed by atoms with Crippen molar-refractivity contribution in [2.45, 2.75) is 37.6 Å². The molecule has 1 fully saturated rings. The van der Waals surface area contributed by atoms with Gasteiger partial charge in [0.1, 0.15) is 5.75 Å². The van der Waals surface area contributed by atoms with E-state index in [1.54, 1.807) is 41.9 Å². The fourth-order valence-corrected chi connectivity index (χ4v) is 6.14. The summed E-state index contributed by atoms with van der Waals surface area (Å²) in [5, 5.41) is 9.76. The van der Waals surface area contributed by atoms with Gasteiger partial charge in [0.2, 0.25) is 0 Å². The summed E-state index contributed by atoms with van der Waals surface area (Å²) >= 11 is 3.27. The quantitative estimate of drug-likeness (QED) is 0.209. The van der Waals surface area contributed by atoms with Crippen LogP contribution in [0, 0.1) is 0 Å². The Morgan fingerprint density at radius 1 is 1.08 bits per heavy atom. The molecule has 0 radical (unpaired) electrons. The first-order chi connectivity index (χ1) is 17.3. The van der Waals surface area contributed by atoms with Crippen molar-refractivity contribution in [3.63, 3.8) is 0 Å². The molecular formula is C25H26N4O4S3. The molecule has 11 heteroatoms. The minimum absolute atomic E-state index is 0.0926. The maximum Gasteiger partial charge on any atom is 0.357 e. The first-order valence-electron chi connectivity index (χ1n) is 11.5. The lowest BCUT2D eigenvalue weighted by Crippen LogP contribution is -2.15. The van der Waals surface area contributed by atoms with Crippen LogP contribution in [0.15, 0.2) is 59.3 Å². The second-order valence-electron chi connectivity index (χ2n) is 8.73. The first-order valence-corrected chi connectivity index (χ1v) is 14.7. The Labute approximate surface area is 218 Å². The Morgan fingerprint density at radius 3 is 2.61 bits per heavy atom. The number of methoxy groups -OCH3 is 1. The van der Waals surface area contributed by atoms with Gasteiger partial charge in [0.15, 0.2) is 5.13 Å². The van der Waals surface area contributed by atoms with Gasteiger partial charge < -0.3 is 10.1 Å². The van der Waals surface area contributed by atoms with Crippen molar-refractivity contribution in [2.75, 3.05) is 17.1 Å². The third-order valence-corrected chi connectivity index (χ3v) is 8.17.